The fraction of sp³-hybridized carbons (Fsp3) is 0.500. The van der Waals surface area contributed by atoms with Crippen molar-refractivity contribution >= 4 is 10.0 Å². The van der Waals surface area contributed by atoms with Crippen molar-refractivity contribution < 1.29 is 13.2 Å². The average molecular weight is 337 g/mol. The first-order valence-corrected chi connectivity index (χ1v) is 9.19. The summed E-state index contributed by atoms with van der Waals surface area (Å²) in [5.74, 6) is 0. The van der Waals surface area contributed by atoms with Crippen LogP contribution in [0.1, 0.15) is 12.8 Å². The highest BCUT2D eigenvalue weighted by Gasteiger charge is 2.26. The smallest absolute Gasteiger partial charge is 0.316 e. The van der Waals surface area contributed by atoms with Crippen LogP contribution in [0.15, 0.2) is 24.8 Å². The van der Waals surface area contributed by atoms with Gasteiger partial charge in [0.1, 0.15) is 6.10 Å². The molecule has 8 nitrogen and oxygen atoms in total. The molecule has 0 unspecified atom stereocenters. The lowest BCUT2D eigenvalue weighted by Gasteiger charge is -2.29. The Labute approximate surface area is 135 Å². The first kappa shape index (κ1) is 15.9. The number of hydrogen-bond donors (Lipinski definition) is 0. The molecule has 2 aromatic heterocycles. The van der Waals surface area contributed by atoms with Gasteiger partial charge >= 0.3 is 6.01 Å². The predicted octanol–water partition coefficient (Wildman–Crippen LogP) is 0.680. The third kappa shape index (κ3) is 3.85. The zero-order valence-corrected chi connectivity index (χ0v) is 13.9. The van der Waals surface area contributed by atoms with Gasteiger partial charge in [-0.2, -0.15) is 5.10 Å². The molecule has 124 valence electrons. The molecular formula is C14H19N5O3S. The highest BCUT2D eigenvalue weighted by atomic mass is 32.2. The third-order valence-corrected chi connectivity index (χ3v) is 5.11. The lowest BCUT2D eigenvalue weighted by molar-refractivity contribution is 0.124. The zero-order chi connectivity index (χ0) is 16.4. The van der Waals surface area contributed by atoms with E-state index >= 15 is 0 Å². The molecule has 0 aromatic carbocycles. The van der Waals surface area contributed by atoms with Crippen molar-refractivity contribution in [1.29, 1.82) is 0 Å². The Hall–Kier alpha value is -2.00. The molecule has 0 amide bonds. The van der Waals surface area contributed by atoms with Crippen LogP contribution in [0, 0.1) is 0 Å². The van der Waals surface area contributed by atoms with Crippen molar-refractivity contribution in [1.82, 2.24) is 24.1 Å². The first-order valence-electron chi connectivity index (χ1n) is 7.34. The largest absolute Gasteiger partial charge is 0.460 e. The Morgan fingerprint density at radius 3 is 2.30 bits per heavy atom. The highest BCUT2D eigenvalue weighted by molar-refractivity contribution is 7.88. The number of hydrogen-bond acceptors (Lipinski definition) is 6. The van der Waals surface area contributed by atoms with Gasteiger partial charge in [0.05, 0.1) is 12.5 Å². The maximum atomic E-state index is 11.5. The van der Waals surface area contributed by atoms with Gasteiger partial charge in [-0.1, -0.05) is 0 Å². The van der Waals surface area contributed by atoms with Crippen molar-refractivity contribution in [3.05, 3.63) is 24.8 Å². The van der Waals surface area contributed by atoms with Crippen molar-refractivity contribution in [3.63, 3.8) is 0 Å². The van der Waals surface area contributed by atoms with E-state index in [-0.39, 0.29) is 6.10 Å². The summed E-state index contributed by atoms with van der Waals surface area (Å²) in [6, 6.07) is 0.315. The second kappa shape index (κ2) is 6.25. The molecule has 0 aliphatic carbocycles. The summed E-state index contributed by atoms with van der Waals surface area (Å²) in [5, 5.41) is 4.11. The topological polar surface area (TPSA) is 90.2 Å². The average Bonchev–Trinajstić information content (AvgIpc) is 2.94. The second-order valence-electron chi connectivity index (χ2n) is 5.64. The summed E-state index contributed by atoms with van der Waals surface area (Å²) in [7, 11) is -1.27. The molecule has 3 rings (SSSR count). The van der Waals surface area contributed by atoms with E-state index in [9.17, 15) is 8.42 Å². The molecule has 0 radical (unpaired) electrons. The van der Waals surface area contributed by atoms with Crippen molar-refractivity contribution in [2.24, 2.45) is 7.05 Å². The first-order chi connectivity index (χ1) is 10.9. The standard InChI is InChI=1S/C14H19N5O3S/c1-18-10-12(9-17-18)11-7-15-14(16-8-11)22-13-3-5-19(6-4-13)23(2,20)21/h7-10,13H,3-6H2,1-2H3. The quantitative estimate of drug-likeness (QED) is 0.815. The van der Waals surface area contributed by atoms with Crippen LogP contribution in [-0.4, -0.2) is 57.9 Å². The van der Waals surface area contributed by atoms with E-state index in [1.54, 1.807) is 23.3 Å². The van der Waals surface area contributed by atoms with Crippen LogP contribution >= 0.6 is 0 Å². The van der Waals surface area contributed by atoms with Crippen LogP contribution in [0.5, 0.6) is 6.01 Å². The number of aryl methyl sites for hydroxylation is 1. The van der Waals surface area contributed by atoms with Crippen molar-refractivity contribution in [2.75, 3.05) is 19.3 Å². The molecule has 0 atom stereocenters. The Morgan fingerprint density at radius 1 is 1.13 bits per heavy atom. The van der Waals surface area contributed by atoms with Gasteiger partial charge in [-0.25, -0.2) is 22.7 Å². The summed E-state index contributed by atoms with van der Waals surface area (Å²) >= 11 is 0. The zero-order valence-electron chi connectivity index (χ0n) is 13.1. The number of piperidine rings is 1. The van der Waals surface area contributed by atoms with Gasteiger partial charge in [0, 0.05) is 49.9 Å². The summed E-state index contributed by atoms with van der Waals surface area (Å²) < 4.78 is 31.9. The molecule has 0 saturated carbocycles. The molecule has 1 aliphatic heterocycles. The van der Waals surface area contributed by atoms with Crippen molar-refractivity contribution in [2.45, 2.75) is 18.9 Å². The van der Waals surface area contributed by atoms with Crippen LogP contribution < -0.4 is 4.74 Å². The molecule has 0 spiro atoms. The van der Waals surface area contributed by atoms with E-state index in [1.807, 2.05) is 13.2 Å². The Morgan fingerprint density at radius 2 is 1.78 bits per heavy atom. The molecular weight excluding hydrogens is 318 g/mol. The van der Waals surface area contributed by atoms with Gasteiger partial charge in [-0.05, 0) is 12.8 Å². The van der Waals surface area contributed by atoms with Crippen LogP contribution in [0.4, 0.5) is 0 Å². The number of nitrogens with zero attached hydrogens (tertiary/aromatic N) is 5. The Bertz CT molecular complexity index is 764. The molecule has 0 N–H and O–H groups in total. The summed E-state index contributed by atoms with van der Waals surface area (Å²) in [6.07, 6.45) is 9.49. The van der Waals surface area contributed by atoms with Gasteiger partial charge in [0.25, 0.3) is 0 Å². The second-order valence-corrected chi connectivity index (χ2v) is 7.62. The fourth-order valence-corrected chi connectivity index (χ4v) is 3.40. The molecule has 9 heteroatoms. The van der Waals surface area contributed by atoms with E-state index in [4.69, 9.17) is 4.74 Å². The minimum Gasteiger partial charge on any atom is -0.460 e. The summed E-state index contributed by atoms with van der Waals surface area (Å²) in [5.41, 5.74) is 1.82. The number of rotatable bonds is 4. The summed E-state index contributed by atoms with van der Waals surface area (Å²) in [4.78, 5) is 8.45. The SMILES string of the molecule is Cn1cc(-c2cnc(OC3CCN(S(C)(=O)=O)CC3)nc2)cn1. The molecule has 1 fully saturated rings. The minimum absolute atomic E-state index is 0.0581. The molecule has 3 heterocycles. The fourth-order valence-electron chi connectivity index (χ4n) is 2.53. The number of sulfonamides is 1. The van der Waals surface area contributed by atoms with E-state index in [0.29, 0.717) is 31.9 Å². The van der Waals surface area contributed by atoms with Crippen molar-refractivity contribution in [3.8, 4) is 17.1 Å². The molecule has 1 aliphatic rings. The van der Waals surface area contributed by atoms with E-state index in [1.165, 1.54) is 10.6 Å². The van der Waals surface area contributed by atoms with Gasteiger partial charge in [-0.3, -0.25) is 4.68 Å². The minimum atomic E-state index is -3.12. The highest BCUT2D eigenvalue weighted by Crippen LogP contribution is 2.20. The van der Waals surface area contributed by atoms with Crippen LogP contribution in [0.2, 0.25) is 0 Å². The Balaban J connectivity index is 1.59. The van der Waals surface area contributed by atoms with Gasteiger partial charge < -0.3 is 4.74 Å². The van der Waals surface area contributed by atoms with Gasteiger partial charge in [0.2, 0.25) is 10.0 Å². The van der Waals surface area contributed by atoms with E-state index in [0.717, 1.165) is 11.1 Å². The van der Waals surface area contributed by atoms with Crippen LogP contribution in [0.25, 0.3) is 11.1 Å². The molecule has 0 bridgehead atoms. The van der Waals surface area contributed by atoms with Gasteiger partial charge in [-0.15, -0.1) is 0 Å². The molecule has 2 aromatic rings. The monoisotopic (exact) mass is 337 g/mol. The normalized spacial score (nSPS) is 17.3. The third-order valence-electron chi connectivity index (χ3n) is 3.81. The lowest BCUT2D eigenvalue weighted by Crippen LogP contribution is -2.41. The molecule has 23 heavy (non-hydrogen) atoms. The van der Waals surface area contributed by atoms with E-state index in [2.05, 4.69) is 15.1 Å². The van der Waals surface area contributed by atoms with E-state index < -0.39 is 10.0 Å². The lowest BCUT2D eigenvalue weighted by atomic mass is 10.1. The number of aromatic nitrogens is 4. The molecule has 1 saturated heterocycles. The van der Waals surface area contributed by atoms with Crippen LogP contribution in [-0.2, 0) is 17.1 Å². The summed E-state index contributed by atoms with van der Waals surface area (Å²) in [6.45, 7) is 0.939. The van der Waals surface area contributed by atoms with Crippen LogP contribution in [0.3, 0.4) is 0 Å². The number of ether oxygens (including phenoxy) is 1. The predicted molar refractivity (Wildman–Crippen MR) is 84.3 cm³/mol. The maximum absolute atomic E-state index is 11.5. The maximum Gasteiger partial charge on any atom is 0.316 e. The van der Waals surface area contributed by atoms with Gasteiger partial charge in [0.15, 0.2) is 0 Å². The Kier molecular flexibility index (Phi) is 4.31.